The summed E-state index contributed by atoms with van der Waals surface area (Å²) < 4.78 is 11.3. The van der Waals surface area contributed by atoms with E-state index in [2.05, 4.69) is 11.8 Å². The first-order chi connectivity index (χ1) is 12.6. The van der Waals surface area contributed by atoms with Crippen LogP contribution in [0.3, 0.4) is 0 Å². The van der Waals surface area contributed by atoms with Gasteiger partial charge in [0, 0.05) is 5.54 Å². The maximum Gasteiger partial charge on any atom is 0.335 e. The molecule has 1 N–H and O–H groups in total. The number of aromatic carboxylic acids is 1. The largest absolute Gasteiger partial charge is 0.490 e. The molecule has 1 saturated carbocycles. The Bertz CT molecular complexity index is 729. The second-order valence-corrected chi connectivity index (χ2v) is 8.79. The van der Waals surface area contributed by atoms with E-state index < -0.39 is 11.6 Å². The lowest BCUT2D eigenvalue weighted by molar-refractivity contribution is -0.161. The summed E-state index contributed by atoms with van der Waals surface area (Å²) in [5.74, 6) is -0.482. The molecule has 1 aliphatic carbocycles. The fourth-order valence-corrected chi connectivity index (χ4v) is 4.04. The number of carboxylic acid groups (broad SMARTS) is 1. The highest BCUT2D eigenvalue weighted by Crippen LogP contribution is 2.43. The molecule has 1 aromatic carbocycles. The average Bonchev–Trinajstić information content (AvgIpc) is 2.59. The summed E-state index contributed by atoms with van der Waals surface area (Å²) in [7, 11) is 0. The van der Waals surface area contributed by atoms with Crippen molar-refractivity contribution in [3.63, 3.8) is 0 Å². The maximum absolute atomic E-state index is 12.4. The molecule has 0 unspecified atom stereocenters. The summed E-state index contributed by atoms with van der Waals surface area (Å²) >= 11 is 0. The third-order valence-corrected chi connectivity index (χ3v) is 5.52. The van der Waals surface area contributed by atoms with E-state index in [1.54, 1.807) is 12.1 Å². The van der Waals surface area contributed by atoms with Gasteiger partial charge in [-0.3, -0.25) is 4.79 Å². The Morgan fingerprint density at radius 1 is 1.26 bits per heavy atom. The minimum Gasteiger partial charge on any atom is -0.490 e. The monoisotopic (exact) mass is 375 g/mol. The number of fused-ring (bicyclic) bond motifs is 1. The third kappa shape index (κ3) is 4.20. The van der Waals surface area contributed by atoms with Crippen LogP contribution in [0, 0.1) is 5.92 Å². The number of anilines is 1. The smallest absolute Gasteiger partial charge is 0.335 e. The standard InChI is InChI=1S/C21H29NO5/c1-20(2,3)27-19(25)14-7-9-21(4,10-8-14)22-11-12-26-17-13-15(18(23)24)5-6-16(17)22/h5-6,13-14H,7-12H2,1-4H3,(H,23,24). The molecular weight excluding hydrogens is 346 g/mol. The number of nitrogens with zero attached hydrogens (tertiary/aromatic N) is 1. The Morgan fingerprint density at radius 2 is 1.93 bits per heavy atom. The van der Waals surface area contributed by atoms with Crippen LogP contribution in [0.1, 0.15) is 63.7 Å². The molecule has 0 saturated heterocycles. The van der Waals surface area contributed by atoms with Crippen molar-refractivity contribution in [1.29, 1.82) is 0 Å². The van der Waals surface area contributed by atoms with Crippen LogP contribution >= 0.6 is 0 Å². The molecular formula is C21H29NO5. The second kappa shape index (κ2) is 7.06. The summed E-state index contributed by atoms with van der Waals surface area (Å²) in [5, 5.41) is 9.20. The van der Waals surface area contributed by atoms with E-state index in [1.165, 1.54) is 0 Å². The van der Waals surface area contributed by atoms with Crippen LogP contribution in [0.2, 0.25) is 0 Å². The Kier molecular flexibility index (Phi) is 5.10. The van der Waals surface area contributed by atoms with Gasteiger partial charge in [0.1, 0.15) is 18.0 Å². The number of hydrogen-bond acceptors (Lipinski definition) is 5. The van der Waals surface area contributed by atoms with E-state index in [1.807, 2.05) is 26.8 Å². The lowest BCUT2D eigenvalue weighted by Gasteiger charge is -2.48. The van der Waals surface area contributed by atoms with Crippen molar-refractivity contribution in [3.05, 3.63) is 23.8 Å². The van der Waals surface area contributed by atoms with Crippen LogP contribution in [0.4, 0.5) is 5.69 Å². The van der Waals surface area contributed by atoms with Gasteiger partial charge in [-0.1, -0.05) is 0 Å². The van der Waals surface area contributed by atoms with Crippen LogP contribution in [0.15, 0.2) is 18.2 Å². The van der Waals surface area contributed by atoms with Crippen molar-refractivity contribution in [2.75, 3.05) is 18.1 Å². The Balaban J connectivity index is 1.73. The fraction of sp³-hybridized carbons (Fsp3) is 0.619. The molecule has 1 aromatic rings. The average molecular weight is 375 g/mol. The summed E-state index contributed by atoms with van der Waals surface area (Å²) in [6, 6.07) is 5.06. The third-order valence-electron chi connectivity index (χ3n) is 5.52. The molecule has 6 heteroatoms. The van der Waals surface area contributed by atoms with Gasteiger partial charge < -0.3 is 19.5 Å². The normalized spacial score (nSPS) is 25.3. The van der Waals surface area contributed by atoms with E-state index in [0.29, 0.717) is 12.4 Å². The van der Waals surface area contributed by atoms with Crippen LogP contribution in [-0.2, 0) is 9.53 Å². The number of carbonyl (C=O) groups is 2. The van der Waals surface area contributed by atoms with Crippen LogP contribution in [0.25, 0.3) is 0 Å². The number of carbonyl (C=O) groups excluding carboxylic acids is 1. The van der Waals surface area contributed by atoms with E-state index in [9.17, 15) is 14.7 Å². The topological polar surface area (TPSA) is 76.1 Å². The van der Waals surface area contributed by atoms with E-state index in [0.717, 1.165) is 37.9 Å². The van der Waals surface area contributed by atoms with Gasteiger partial charge in [-0.2, -0.15) is 0 Å². The molecule has 3 rings (SSSR count). The zero-order chi connectivity index (χ0) is 19.8. The first-order valence-electron chi connectivity index (χ1n) is 9.60. The van der Waals surface area contributed by atoms with Gasteiger partial charge in [0.25, 0.3) is 0 Å². The highest BCUT2D eigenvalue weighted by atomic mass is 16.6. The highest BCUT2D eigenvalue weighted by molar-refractivity contribution is 5.89. The maximum atomic E-state index is 12.4. The van der Waals surface area contributed by atoms with Crippen molar-refractivity contribution in [1.82, 2.24) is 0 Å². The molecule has 1 heterocycles. The predicted molar refractivity (Wildman–Crippen MR) is 102 cm³/mol. The summed E-state index contributed by atoms with van der Waals surface area (Å²) in [6.45, 7) is 9.20. The zero-order valence-electron chi connectivity index (χ0n) is 16.6. The van der Waals surface area contributed by atoms with Crippen molar-refractivity contribution in [2.45, 2.75) is 64.5 Å². The second-order valence-electron chi connectivity index (χ2n) is 8.79. The number of hydrogen-bond donors (Lipinski definition) is 1. The van der Waals surface area contributed by atoms with E-state index in [-0.39, 0.29) is 23.0 Å². The summed E-state index contributed by atoms with van der Waals surface area (Å²) in [6.07, 6.45) is 3.37. The molecule has 27 heavy (non-hydrogen) atoms. The Labute approximate surface area is 160 Å². The zero-order valence-corrected chi connectivity index (χ0v) is 16.6. The molecule has 0 radical (unpaired) electrons. The van der Waals surface area contributed by atoms with Crippen molar-refractivity contribution >= 4 is 17.6 Å². The van der Waals surface area contributed by atoms with E-state index >= 15 is 0 Å². The minimum atomic E-state index is -0.956. The van der Waals surface area contributed by atoms with E-state index in [4.69, 9.17) is 9.47 Å². The number of rotatable bonds is 3. The molecule has 0 atom stereocenters. The van der Waals surface area contributed by atoms with Crippen molar-refractivity contribution < 1.29 is 24.2 Å². The minimum absolute atomic E-state index is 0.0489. The van der Waals surface area contributed by atoms with Gasteiger partial charge >= 0.3 is 11.9 Å². The van der Waals surface area contributed by atoms with Crippen LogP contribution in [-0.4, -0.2) is 41.3 Å². The van der Waals surface area contributed by atoms with Gasteiger partial charge in [0.15, 0.2) is 0 Å². The molecule has 0 aromatic heterocycles. The Morgan fingerprint density at radius 3 is 2.52 bits per heavy atom. The predicted octanol–water partition coefficient (Wildman–Crippen LogP) is 3.87. The van der Waals surface area contributed by atoms with Crippen molar-refractivity contribution in [2.24, 2.45) is 5.92 Å². The van der Waals surface area contributed by atoms with Gasteiger partial charge in [0.05, 0.1) is 23.7 Å². The van der Waals surface area contributed by atoms with Gasteiger partial charge in [0.2, 0.25) is 0 Å². The fourth-order valence-electron chi connectivity index (χ4n) is 4.04. The number of carboxylic acids is 1. The molecule has 0 amide bonds. The van der Waals surface area contributed by atoms with Crippen LogP contribution < -0.4 is 9.64 Å². The van der Waals surface area contributed by atoms with Gasteiger partial charge in [-0.05, 0) is 71.6 Å². The summed E-state index contributed by atoms with van der Waals surface area (Å²) in [5.41, 5.74) is 0.629. The first-order valence-corrected chi connectivity index (χ1v) is 9.60. The summed E-state index contributed by atoms with van der Waals surface area (Å²) in [4.78, 5) is 25.9. The SMILES string of the molecule is CC(C)(C)OC(=O)C1CCC(C)(N2CCOc3cc(C(=O)O)ccc32)CC1. The number of esters is 1. The lowest BCUT2D eigenvalue weighted by atomic mass is 9.76. The van der Waals surface area contributed by atoms with Crippen LogP contribution in [0.5, 0.6) is 5.75 Å². The van der Waals surface area contributed by atoms with Gasteiger partial charge in [-0.15, -0.1) is 0 Å². The molecule has 6 nitrogen and oxygen atoms in total. The molecule has 148 valence electrons. The van der Waals surface area contributed by atoms with Gasteiger partial charge in [-0.25, -0.2) is 4.79 Å². The molecule has 2 aliphatic rings. The molecule has 1 fully saturated rings. The number of ether oxygens (including phenoxy) is 2. The molecule has 0 bridgehead atoms. The molecule has 1 aliphatic heterocycles. The molecule has 0 spiro atoms. The Hall–Kier alpha value is -2.24. The quantitative estimate of drug-likeness (QED) is 0.808. The highest BCUT2D eigenvalue weighted by Gasteiger charge is 2.41. The lowest BCUT2D eigenvalue weighted by Crippen LogP contribution is -2.52. The number of benzene rings is 1. The first kappa shape index (κ1) is 19.5. The van der Waals surface area contributed by atoms with Crippen molar-refractivity contribution in [3.8, 4) is 5.75 Å².